The summed E-state index contributed by atoms with van der Waals surface area (Å²) in [6, 6.07) is 12.0. The lowest BCUT2D eigenvalue weighted by Gasteiger charge is -2.34. The van der Waals surface area contributed by atoms with Crippen molar-refractivity contribution in [2.45, 2.75) is 57.1 Å². The Balaban J connectivity index is 1.74. The van der Waals surface area contributed by atoms with Crippen LogP contribution in [0.25, 0.3) is 5.52 Å². The van der Waals surface area contributed by atoms with Crippen LogP contribution in [0.3, 0.4) is 0 Å². The number of nitrogen functional groups attached to an aromatic ring is 1. The molecular formula is C27H33N6O9P. The number of nitrogens with two attached hydrogens (primary N) is 1. The summed E-state index contributed by atoms with van der Waals surface area (Å²) in [6.45, 7) is 5.23. The lowest BCUT2D eigenvalue weighted by molar-refractivity contribution is -0.168. The molecule has 1 aliphatic heterocycles. The Labute approximate surface area is 247 Å². The Morgan fingerprint density at radius 2 is 1.93 bits per heavy atom. The molecule has 1 fully saturated rings. The number of nitriles is 1. The Bertz CT molecular complexity index is 1570. The molecule has 3 aromatic rings. The zero-order valence-electron chi connectivity index (χ0n) is 24.2. The van der Waals surface area contributed by atoms with Gasteiger partial charge in [0, 0.05) is 0 Å². The Kier molecular flexibility index (Phi) is 9.10. The Hall–Kier alpha value is -4.06. The maximum Gasteiger partial charge on any atom is 0.459 e. The van der Waals surface area contributed by atoms with Crippen LogP contribution < -0.4 is 15.3 Å². The molecule has 3 heterocycles. The van der Waals surface area contributed by atoms with Gasteiger partial charge in [-0.25, -0.2) is 14.1 Å². The molecule has 4 N–H and O–H groups in total. The number of methoxy groups -OCH3 is 1. The standard InChI is InChI=1S/C27H33N6O9P/c1-16(2)24(34)40-22-20(13-39-43(37,32-17(3)25(35)38-5)42-18-9-7-6-8-10-18)41-27(14-28,26(22,4)36)21-12-11-19-23(29)30-15-31-33(19)21/h6-12,15-17,20,22,36H,13H2,1-5H3,(H,32,37)(H2,29,30,31). The zero-order chi connectivity index (χ0) is 31.6. The van der Waals surface area contributed by atoms with Gasteiger partial charge in [-0.3, -0.25) is 14.1 Å². The number of aliphatic hydroxyl groups is 1. The van der Waals surface area contributed by atoms with Gasteiger partial charge in [-0.1, -0.05) is 32.0 Å². The first kappa shape index (κ1) is 31.9. The highest BCUT2D eigenvalue weighted by atomic mass is 31.2. The average Bonchev–Trinajstić information content (AvgIpc) is 3.50. The molecule has 4 rings (SSSR count). The van der Waals surface area contributed by atoms with E-state index in [1.165, 1.54) is 42.9 Å². The summed E-state index contributed by atoms with van der Waals surface area (Å²) in [5.41, 5.74) is 1.99. The molecule has 0 saturated carbocycles. The van der Waals surface area contributed by atoms with E-state index in [0.29, 0.717) is 5.52 Å². The van der Waals surface area contributed by atoms with E-state index in [-0.39, 0.29) is 17.3 Å². The molecule has 16 heteroatoms. The van der Waals surface area contributed by atoms with Crippen molar-refractivity contribution in [2.24, 2.45) is 5.92 Å². The number of hydrogen-bond acceptors (Lipinski definition) is 13. The van der Waals surface area contributed by atoms with Crippen molar-refractivity contribution in [3.8, 4) is 11.8 Å². The number of carbonyl (C=O) groups excluding carboxylic acids is 2. The molecule has 230 valence electrons. The van der Waals surface area contributed by atoms with Crippen LogP contribution in [0.4, 0.5) is 5.82 Å². The molecule has 6 atom stereocenters. The van der Waals surface area contributed by atoms with E-state index < -0.39 is 61.7 Å². The third kappa shape index (κ3) is 6.06. The van der Waals surface area contributed by atoms with E-state index >= 15 is 0 Å². The van der Waals surface area contributed by atoms with Crippen molar-refractivity contribution in [2.75, 3.05) is 19.5 Å². The fraction of sp³-hybridized carbons (Fsp3) is 0.444. The van der Waals surface area contributed by atoms with Gasteiger partial charge in [0.15, 0.2) is 11.9 Å². The van der Waals surface area contributed by atoms with Crippen molar-refractivity contribution in [3.63, 3.8) is 0 Å². The van der Waals surface area contributed by atoms with Crippen molar-refractivity contribution < 1.29 is 42.5 Å². The fourth-order valence-electron chi connectivity index (χ4n) is 4.63. The monoisotopic (exact) mass is 616 g/mol. The number of anilines is 1. The smallest absolute Gasteiger partial charge is 0.459 e. The van der Waals surface area contributed by atoms with Gasteiger partial charge >= 0.3 is 19.7 Å². The van der Waals surface area contributed by atoms with E-state index in [9.17, 15) is 24.5 Å². The van der Waals surface area contributed by atoms with Gasteiger partial charge in [0.2, 0.25) is 5.60 Å². The molecule has 0 amide bonds. The molecule has 1 aliphatic rings. The minimum Gasteiger partial charge on any atom is -0.468 e. The molecule has 0 bridgehead atoms. The van der Waals surface area contributed by atoms with E-state index in [1.807, 2.05) is 6.07 Å². The fourth-order valence-corrected chi connectivity index (χ4v) is 6.13. The summed E-state index contributed by atoms with van der Waals surface area (Å²) in [5.74, 6) is -1.78. The quantitative estimate of drug-likeness (QED) is 0.208. The highest BCUT2D eigenvalue weighted by Crippen LogP contribution is 2.51. The van der Waals surface area contributed by atoms with Crippen molar-refractivity contribution in [1.29, 1.82) is 5.26 Å². The topological polar surface area (TPSA) is 210 Å². The lowest BCUT2D eigenvalue weighted by atomic mass is 9.80. The van der Waals surface area contributed by atoms with Crippen LogP contribution in [0, 0.1) is 17.2 Å². The second kappa shape index (κ2) is 12.3. The van der Waals surface area contributed by atoms with E-state index in [1.54, 1.807) is 38.1 Å². The van der Waals surface area contributed by atoms with Gasteiger partial charge in [0.1, 0.15) is 41.4 Å². The molecule has 0 radical (unpaired) electrons. The lowest BCUT2D eigenvalue weighted by Crippen LogP contribution is -2.54. The minimum atomic E-state index is -4.37. The van der Waals surface area contributed by atoms with Crippen molar-refractivity contribution in [3.05, 3.63) is 54.5 Å². The first-order valence-electron chi connectivity index (χ1n) is 13.2. The van der Waals surface area contributed by atoms with Crippen LogP contribution in [0.2, 0.25) is 0 Å². The number of rotatable bonds is 11. The number of esters is 2. The molecule has 2 aromatic heterocycles. The third-order valence-electron chi connectivity index (χ3n) is 6.93. The maximum atomic E-state index is 14.0. The number of ether oxygens (including phenoxy) is 3. The predicted octanol–water partition coefficient (Wildman–Crippen LogP) is 2.10. The average molecular weight is 617 g/mol. The largest absolute Gasteiger partial charge is 0.468 e. The molecule has 0 aliphatic carbocycles. The summed E-state index contributed by atoms with van der Waals surface area (Å²) in [6.07, 6.45) is -1.71. The number of hydrogen-bond donors (Lipinski definition) is 3. The van der Waals surface area contributed by atoms with E-state index in [0.717, 1.165) is 7.11 Å². The normalized spacial score (nSPS) is 25.5. The third-order valence-corrected chi connectivity index (χ3v) is 8.57. The molecule has 0 spiro atoms. The van der Waals surface area contributed by atoms with Gasteiger partial charge in [-0.2, -0.15) is 15.4 Å². The predicted molar refractivity (Wildman–Crippen MR) is 150 cm³/mol. The number of fused-ring (bicyclic) bond motifs is 1. The number of aromatic nitrogens is 3. The summed E-state index contributed by atoms with van der Waals surface area (Å²) < 4.78 is 43.2. The van der Waals surface area contributed by atoms with Crippen LogP contribution in [-0.4, -0.2) is 69.2 Å². The number of benzene rings is 1. The molecule has 6 unspecified atom stereocenters. The van der Waals surface area contributed by atoms with Crippen LogP contribution in [0.1, 0.15) is 33.4 Å². The number of nitrogens with one attached hydrogen (secondary N) is 1. The Morgan fingerprint density at radius 3 is 2.56 bits per heavy atom. The maximum absolute atomic E-state index is 14.0. The number of nitrogens with zero attached hydrogens (tertiary/aromatic N) is 4. The SMILES string of the molecule is COC(=O)C(C)NP(=O)(OCC1OC(C#N)(c2ccc3c(N)ncnn23)C(C)(O)C1OC(=O)C(C)C)Oc1ccccc1. The molecule has 1 saturated heterocycles. The molecule has 1 aromatic carbocycles. The van der Waals surface area contributed by atoms with Gasteiger partial charge < -0.3 is 29.6 Å². The van der Waals surface area contributed by atoms with Crippen LogP contribution >= 0.6 is 7.75 Å². The van der Waals surface area contributed by atoms with Gasteiger partial charge in [-0.05, 0) is 38.1 Å². The first-order valence-corrected chi connectivity index (χ1v) is 14.8. The van der Waals surface area contributed by atoms with Crippen molar-refractivity contribution >= 4 is 31.0 Å². The first-order chi connectivity index (χ1) is 20.3. The minimum absolute atomic E-state index is 0.0679. The highest BCUT2D eigenvalue weighted by molar-refractivity contribution is 7.52. The van der Waals surface area contributed by atoms with Crippen molar-refractivity contribution in [1.82, 2.24) is 19.7 Å². The number of para-hydroxylation sites is 1. The highest BCUT2D eigenvalue weighted by Gasteiger charge is 2.67. The van der Waals surface area contributed by atoms with Gasteiger partial charge in [0.05, 0.1) is 25.3 Å². The Morgan fingerprint density at radius 1 is 1.23 bits per heavy atom. The second-order valence-corrected chi connectivity index (χ2v) is 12.0. The van der Waals surface area contributed by atoms with Crippen LogP contribution in [-0.2, 0) is 38.5 Å². The summed E-state index contributed by atoms with van der Waals surface area (Å²) in [5, 5.41) is 29.1. The van der Waals surface area contributed by atoms with Gasteiger partial charge in [-0.15, -0.1) is 0 Å². The summed E-state index contributed by atoms with van der Waals surface area (Å²) in [7, 11) is -3.21. The summed E-state index contributed by atoms with van der Waals surface area (Å²) >= 11 is 0. The zero-order valence-corrected chi connectivity index (χ0v) is 25.1. The molecule has 43 heavy (non-hydrogen) atoms. The molecular weight excluding hydrogens is 583 g/mol. The van der Waals surface area contributed by atoms with E-state index in [2.05, 4.69) is 15.2 Å². The molecule has 15 nitrogen and oxygen atoms in total. The van der Waals surface area contributed by atoms with Gasteiger partial charge in [0.25, 0.3) is 0 Å². The van der Waals surface area contributed by atoms with Crippen LogP contribution in [0.5, 0.6) is 5.75 Å². The number of carbonyl (C=O) groups is 2. The van der Waals surface area contributed by atoms with Crippen LogP contribution in [0.15, 0.2) is 48.8 Å². The van der Waals surface area contributed by atoms with E-state index in [4.69, 9.17) is 29.0 Å². The summed E-state index contributed by atoms with van der Waals surface area (Å²) in [4.78, 5) is 28.8. The second-order valence-electron chi connectivity index (χ2n) is 10.3.